The van der Waals surface area contributed by atoms with Crippen molar-refractivity contribution in [3.63, 3.8) is 0 Å². The van der Waals surface area contributed by atoms with E-state index in [4.69, 9.17) is 9.47 Å². The molecule has 0 amide bonds. The molecule has 1 aliphatic heterocycles. The number of hydrogen-bond donors (Lipinski definition) is 0. The molecule has 0 radical (unpaired) electrons. The van der Waals surface area contributed by atoms with Gasteiger partial charge in [0.05, 0.1) is 12.0 Å². The van der Waals surface area contributed by atoms with Gasteiger partial charge in [0.25, 0.3) is 5.70 Å². The van der Waals surface area contributed by atoms with Crippen molar-refractivity contribution in [2.45, 2.75) is 20.0 Å². The Balaban J connectivity index is 2.18. The summed E-state index contributed by atoms with van der Waals surface area (Å²) in [7, 11) is 1.55. The first kappa shape index (κ1) is 15.1. The molecule has 0 aromatic heterocycles. The molecule has 1 aliphatic rings. The van der Waals surface area contributed by atoms with Crippen LogP contribution in [0.25, 0.3) is 6.08 Å². The highest BCUT2D eigenvalue weighted by molar-refractivity contribution is 5.66. The van der Waals surface area contributed by atoms with Crippen LogP contribution >= 0.6 is 0 Å². The van der Waals surface area contributed by atoms with Gasteiger partial charge < -0.3 is 9.47 Å². The van der Waals surface area contributed by atoms with Crippen molar-refractivity contribution in [1.82, 2.24) is 0 Å². The van der Waals surface area contributed by atoms with Crippen LogP contribution in [0.15, 0.2) is 42.1 Å². The molecule has 1 unspecified atom stereocenters. The molecule has 3 rings (SSSR count). The molecule has 5 nitrogen and oxygen atoms in total. The van der Waals surface area contributed by atoms with Crippen LogP contribution in [0.2, 0.25) is 0 Å². The average Bonchev–Trinajstić information content (AvgIpc) is 2.55. The van der Waals surface area contributed by atoms with Crippen LogP contribution < -0.4 is 9.47 Å². The highest BCUT2D eigenvalue weighted by Gasteiger charge is 2.35. The van der Waals surface area contributed by atoms with E-state index in [0.29, 0.717) is 17.1 Å². The summed E-state index contributed by atoms with van der Waals surface area (Å²) in [4.78, 5) is 11.1. The van der Waals surface area contributed by atoms with Crippen LogP contribution in [0.4, 0.5) is 0 Å². The third-order valence-electron chi connectivity index (χ3n) is 3.97. The Morgan fingerprint density at radius 3 is 2.70 bits per heavy atom. The number of ether oxygens (including phenoxy) is 2. The van der Waals surface area contributed by atoms with E-state index in [-0.39, 0.29) is 10.6 Å². The normalized spacial score (nSPS) is 16.1. The summed E-state index contributed by atoms with van der Waals surface area (Å²) < 4.78 is 11.3. The minimum Gasteiger partial charge on any atom is -0.493 e. The first-order valence-corrected chi connectivity index (χ1v) is 7.28. The van der Waals surface area contributed by atoms with Crippen molar-refractivity contribution in [2.75, 3.05) is 7.11 Å². The molecular weight excluding hydrogens is 294 g/mol. The lowest BCUT2D eigenvalue weighted by Crippen LogP contribution is -2.21. The van der Waals surface area contributed by atoms with Gasteiger partial charge in [0.15, 0.2) is 11.5 Å². The predicted octanol–water partition coefficient (Wildman–Crippen LogP) is 4.06. The summed E-state index contributed by atoms with van der Waals surface area (Å²) in [5.41, 5.74) is 3.45. The minimum atomic E-state index is -0.756. The maximum absolute atomic E-state index is 11.5. The van der Waals surface area contributed by atoms with Crippen molar-refractivity contribution < 1.29 is 14.4 Å². The SMILES string of the molecule is COc1cccc2c1OC(c1cc(C)ccc1C)C([N+](=O)[O-])=C2. The highest BCUT2D eigenvalue weighted by Crippen LogP contribution is 2.43. The molecule has 1 heterocycles. The lowest BCUT2D eigenvalue weighted by Gasteiger charge is -2.25. The Labute approximate surface area is 134 Å². The largest absolute Gasteiger partial charge is 0.493 e. The fourth-order valence-corrected chi connectivity index (χ4v) is 2.76. The maximum Gasteiger partial charge on any atom is 0.291 e. The fraction of sp³-hybridized carbons (Fsp3) is 0.222. The second kappa shape index (κ2) is 5.76. The molecule has 0 N–H and O–H groups in total. The van der Waals surface area contributed by atoms with Gasteiger partial charge in [-0.2, -0.15) is 0 Å². The molecule has 0 saturated heterocycles. The fourth-order valence-electron chi connectivity index (χ4n) is 2.76. The molecule has 5 heteroatoms. The summed E-state index contributed by atoms with van der Waals surface area (Å²) in [6.45, 7) is 3.88. The highest BCUT2D eigenvalue weighted by atomic mass is 16.6. The molecule has 0 spiro atoms. The number of benzene rings is 2. The first-order chi connectivity index (χ1) is 11.0. The Bertz CT molecular complexity index is 811. The first-order valence-electron chi connectivity index (χ1n) is 7.28. The molecule has 23 heavy (non-hydrogen) atoms. The Morgan fingerprint density at radius 1 is 1.22 bits per heavy atom. The van der Waals surface area contributed by atoms with Gasteiger partial charge in [-0.15, -0.1) is 0 Å². The zero-order chi connectivity index (χ0) is 16.6. The van der Waals surface area contributed by atoms with Crippen LogP contribution in [0.1, 0.15) is 28.4 Å². The van der Waals surface area contributed by atoms with Gasteiger partial charge in [-0.05, 0) is 25.5 Å². The van der Waals surface area contributed by atoms with E-state index < -0.39 is 6.10 Å². The summed E-state index contributed by atoms with van der Waals surface area (Å²) >= 11 is 0. The number of rotatable bonds is 3. The number of nitro groups is 1. The van der Waals surface area contributed by atoms with E-state index in [1.54, 1.807) is 31.4 Å². The summed E-state index contributed by atoms with van der Waals surface area (Å²) in [6, 6.07) is 11.2. The van der Waals surface area contributed by atoms with E-state index in [0.717, 1.165) is 16.7 Å². The predicted molar refractivity (Wildman–Crippen MR) is 87.3 cm³/mol. The smallest absolute Gasteiger partial charge is 0.291 e. The second-order valence-corrected chi connectivity index (χ2v) is 5.56. The monoisotopic (exact) mass is 311 g/mol. The average molecular weight is 311 g/mol. The quantitative estimate of drug-likeness (QED) is 0.633. The van der Waals surface area contributed by atoms with Gasteiger partial charge in [-0.1, -0.05) is 35.9 Å². The van der Waals surface area contributed by atoms with E-state index >= 15 is 0 Å². The van der Waals surface area contributed by atoms with E-state index in [2.05, 4.69) is 0 Å². The molecular formula is C18H17NO4. The number of methoxy groups -OCH3 is 1. The van der Waals surface area contributed by atoms with Crippen LogP contribution in [0, 0.1) is 24.0 Å². The van der Waals surface area contributed by atoms with Gasteiger partial charge in [0.2, 0.25) is 6.10 Å². The topological polar surface area (TPSA) is 61.6 Å². The van der Waals surface area contributed by atoms with Gasteiger partial charge in [0, 0.05) is 17.2 Å². The molecule has 0 saturated carbocycles. The summed E-state index contributed by atoms with van der Waals surface area (Å²) in [6.07, 6.45) is 0.807. The van der Waals surface area contributed by atoms with Gasteiger partial charge in [-0.3, -0.25) is 10.1 Å². The Kier molecular flexibility index (Phi) is 3.78. The number of aryl methyl sites for hydroxylation is 2. The van der Waals surface area contributed by atoms with Crippen LogP contribution in [0.3, 0.4) is 0 Å². The zero-order valence-corrected chi connectivity index (χ0v) is 13.2. The van der Waals surface area contributed by atoms with Crippen molar-refractivity contribution >= 4 is 6.08 Å². The lowest BCUT2D eigenvalue weighted by atomic mass is 9.96. The van der Waals surface area contributed by atoms with Gasteiger partial charge >= 0.3 is 0 Å². The number of hydrogen-bond acceptors (Lipinski definition) is 4. The number of fused-ring (bicyclic) bond motifs is 1. The minimum absolute atomic E-state index is 0.0273. The van der Waals surface area contributed by atoms with Crippen LogP contribution in [-0.2, 0) is 0 Å². The molecule has 118 valence electrons. The molecule has 0 aliphatic carbocycles. The van der Waals surface area contributed by atoms with Crippen molar-refractivity contribution in [3.05, 3.63) is 74.5 Å². The zero-order valence-electron chi connectivity index (χ0n) is 13.2. The number of para-hydroxylation sites is 1. The van der Waals surface area contributed by atoms with Crippen molar-refractivity contribution in [3.8, 4) is 11.5 Å². The Hall–Kier alpha value is -2.82. The molecule has 0 bridgehead atoms. The molecule has 2 aromatic rings. The number of nitrogens with zero attached hydrogens (tertiary/aromatic N) is 1. The van der Waals surface area contributed by atoms with Gasteiger partial charge in [0.1, 0.15) is 0 Å². The van der Waals surface area contributed by atoms with Crippen molar-refractivity contribution in [1.29, 1.82) is 0 Å². The third kappa shape index (κ3) is 2.65. The van der Waals surface area contributed by atoms with E-state index in [1.165, 1.54) is 0 Å². The van der Waals surface area contributed by atoms with Crippen molar-refractivity contribution in [2.24, 2.45) is 0 Å². The lowest BCUT2D eigenvalue weighted by molar-refractivity contribution is -0.434. The second-order valence-electron chi connectivity index (χ2n) is 5.56. The van der Waals surface area contributed by atoms with E-state index in [1.807, 2.05) is 32.0 Å². The van der Waals surface area contributed by atoms with E-state index in [9.17, 15) is 10.1 Å². The summed E-state index contributed by atoms with van der Waals surface area (Å²) in [5, 5.41) is 11.5. The maximum atomic E-state index is 11.5. The third-order valence-corrected chi connectivity index (χ3v) is 3.97. The molecule has 0 fully saturated rings. The van der Waals surface area contributed by atoms with Crippen LogP contribution in [0.5, 0.6) is 11.5 Å². The molecule has 1 atom stereocenters. The van der Waals surface area contributed by atoms with Crippen LogP contribution in [-0.4, -0.2) is 12.0 Å². The molecule has 2 aromatic carbocycles. The standard InChI is InChI=1S/C18H17NO4/c1-11-7-8-12(2)14(9-11)18-15(19(20)21)10-13-5-4-6-16(22-3)17(13)23-18/h4-10,18H,1-3H3. The summed E-state index contributed by atoms with van der Waals surface area (Å²) in [5.74, 6) is 1.10. The Morgan fingerprint density at radius 2 is 2.00 bits per heavy atom. The van der Waals surface area contributed by atoms with Gasteiger partial charge in [-0.25, -0.2) is 0 Å².